The van der Waals surface area contributed by atoms with E-state index in [1.165, 1.54) is 0 Å². The molecule has 21 heavy (non-hydrogen) atoms. The molecule has 6 heteroatoms. The van der Waals surface area contributed by atoms with E-state index in [4.69, 9.17) is 15.7 Å². The molecule has 1 heterocycles. The highest BCUT2D eigenvalue weighted by Gasteiger charge is 2.39. The molecular weight excluding hydrogens is 270 g/mol. The van der Waals surface area contributed by atoms with Crippen molar-refractivity contribution in [1.82, 2.24) is 5.32 Å². The van der Waals surface area contributed by atoms with Crippen LogP contribution in [0, 0.1) is 0 Å². The molecule has 0 amide bonds. The summed E-state index contributed by atoms with van der Waals surface area (Å²) in [5.41, 5.74) is 5.88. The maximum atomic E-state index is 10.4. The molecule has 0 spiro atoms. The highest BCUT2D eigenvalue weighted by molar-refractivity contribution is 5.87. The van der Waals surface area contributed by atoms with E-state index in [9.17, 15) is 5.11 Å². The van der Waals surface area contributed by atoms with E-state index in [0.717, 1.165) is 5.56 Å². The summed E-state index contributed by atoms with van der Waals surface area (Å²) in [6.45, 7) is 3.33. The van der Waals surface area contributed by atoms with Gasteiger partial charge in [-0.1, -0.05) is 35.5 Å². The lowest BCUT2D eigenvalue weighted by atomic mass is 9.95. The minimum absolute atomic E-state index is 0.149. The van der Waals surface area contributed by atoms with Crippen molar-refractivity contribution in [2.24, 2.45) is 10.9 Å². The van der Waals surface area contributed by atoms with E-state index >= 15 is 0 Å². The maximum Gasteiger partial charge on any atom is 0.147 e. The quantitative estimate of drug-likeness (QED) is 0.267. The van der Waals surface area contributed by atoms with E-state index in [0.29, 0.717) is 26.1 Å². The SMILES string of the molecule is CC1OCCC1(O)CNCC(/C(N)=N/O)c1ccccc1. The van der Waals surface area contributed by atoms with Gasteiger partial charge in [0, 0.05) is 26.1 Å². The number of nitrogens with one attached hydrogen (secondary N) is 1. The Morgan fingerprint density at radius 1 is 1.52 bits per heavy atom. The summed E-state index contributed by atoms with van der Waals surface area (Å²) in [6, 6.07) is 9.60. The number of aliphatic hydroxyl groups is 1. The molecule has 0 saturated carbocycles. The summed E-state index contributed by atoms with van der Waals surface area (Å²) < 4.78 is 5.40. The zero-order valence-corrected chi connectivity index (χ0v) is 12.2. The number of ether oxygens (including phenoxy) is 1. The summed E-state index contributed by atoms with van der Waals surface area (Å²) in [7, 11) is 0. The molecule has 5 N–H and O–H groups in total. The van der Waals surface area contributed by atoms with Gasteiger partial charge in [-0.25, -0.2) is 0 Å². The van der Waals surface area contributed by atoms with Crippen LogP contribution >= 0.6 is 0 Å². The average Bonchev–Trinajstić information content (AvgIpc) is 2.83. The second-order valence-electron chi connectivity index (χ2n) is 5.49. The molecule has 0 aliphatic carbocycles. The molecule has 1 aliphatic heterocycles. The molecule has 3 atom stereocenters. The smallest absolute Gasteiger partial charge is 0.147 e. The minimum atomic E-state index is -0.855. The van der Waals surface area contributed by atoms with Crippen LogP contribution in [0.3, 0.4) is 0 Å². The molecule has 1 aromatic rings. The van der Waals surface area contributed by atoms with Crippen LogP contribution in [0.5, 0.6) is 0 Å². The Labute approximate surface area is 124 Å². The van der Waals surface area contributed by atoms with Gasteiger partial charge in [0.05, 0.1) is 12.0 Å². The van der Waals surface area contributed by atoms with Crippen molar-refractivity contribution in [2.45, 2.75) is 31.0 Å². The van der Waals surface area contributed by atoms with Gasteiger partial charge < -0.3 is 26.1 Å². The summed E-state index contributed by atoms with van der Waals surface area (Å²) in [4.78, 5) is 0. The molecule has 0 bridgehead atoms. The number of hydrogen-bond acceptors (Lipinski definition) is 5. The monoisotopic (exact) mass is 293 g/mol. The van der Waals surface area contributed by atoms with Gasteiger partial charge in [-0.3, -0.25) is 0 Å². The van der Waals surface area contributed by atoms with Gasteiger partial charge >= 0.3 is 0 Å². The van der Waals surface area contributed by atoms with Crippen LogP contribution in [0.25, 0.3) is 0 Å². The summed E-state index contributed by atoms with van der Waals surface area (Å²) >= 11 is 0. The Morgan fingerprint density at radius 3 is 2.81 bits per heavy atom. The molecule has 1 saturated heterocycles. The number of oxime groups is 1. The first kappa shape index (κ1) is 15.8. The van der Waals surface area contributed by atoms with Crippen molar-refractivity contribution in [1.29, 1.82) is 0 Å². The van der Waals surface area contributed by atoms with E-state index in [2.05, 4.69) is 10.5 Å². The topological polar surface area (TPSA) is 100 Å². The van der Waals surface area contributed by atoms with Gasteiger partial charge in [-0.05, 0) is 12.5 Å². The molecule has 2 rings (SSSR count). The first-order valence-corrected chi connectivity index (χ1v) is 7.14. The third kappa shape index (κ3) is 3.72. The van der Waals surface area contributed by atoms with Crippen LogP contribution in [0.15, 0.2) is 35.5 Å². The van der Waals surface area contributed by atoms with Crippen molar-refractivity contribution in [3.05, 3.63) is 35.9 Å². The first-order valence-electron chi connectivity index (χ1n) is 7.14. The first-order chi connectivity index (χ1) is 10.1. The molecule has 1 aromatic carbocycles. The average molecular weight is 293 g/mol. The van der Waals surface area contributed by atoms with E-state index in [1.54, 1.807) is 0 Å². The van der Waals surface area contributed by atoms with Gasteiger partial charge in [0.15, 0.2) is 0 Å². The predicted molar refractivity (Wildman–Crippen MR) is 80.4 cm³/mol. The summed E-state index contributed by atoms with van der Waals surface area (Å²) in [5.74, 6) is -0.0890. The molecule has 1 aliphatic rings. The maximum absolute atomic E-state index is 10.4. The predicted octanol–water partition coefficient (Wildman–Crippen LogP) is 0.646. The molecule has 0 radical (unpaired) electrons. The number of benzene rings is 1. The van der Waals surface area contributed by atoms with Gasteiger partial charge in [0.2, 0.25) is 0 Å². The second kappa shape index (κ2) is 6.89. The standard InChI is InChI=1S/C15H23N3O3/c1-11-15(19,7-8-21-11)10-17-9-13(14(16)18-20)12-5-3-2-4-6-12/h2-6,11,13,17,19-20H,7-10H2,1H3,(H2,16,18). The number of rotatable bonds is 6. The van der Waals surface area contributed by atoms with Crippen molar-refractivity contribution < 1.29 is 15.1 Å². The normalized spacial score (nSPS) is 27.7. The molecule has 6 nitrogen and oxygen atoms in total. The van der Waals surface area contributed by atoms with Gasteiger partial charge in [-0.2, -0.15) is 0 Å². The van der Waals surface area contributed by atoms with E-state index in [-0.39, 0.29) is 17.9 Å². The Bertz CT molecular complexity index is 480. The third-order valence-corrected chi connectivity index (χ3v) is 4.11. The van der Waals surface area contributed by atoms with Crippen LogP contribution in [-0.4, -0.2) is 47.6 Å². The van der Waals surface area contributed by atoms with Crippen molar-refractivity contribution in [2.75, 3.05) is 19.7 Å². The molecule has 0 aromatic heterocycles. The lowest BCUT2D eigenvalue weighted by Crippen LogP contribution is -2.47. The molecule has 1 fully saturated rings. The highest BCUT2D eigenvalue weighted by Crippen LogP contribution is 2.25. The highest BCUT2D eigenvalue weighted by atomic mass is 16.5. The molecule has 116 valence electrons. The third-order valence-electron chi connectivity index (χ3n) is 4.11. The minimum Gasteiger partial charge on any atom is -0.409 e. The van der Waals surface area contributed by atoms with E-state index in [1.807, 2.05) is 37.3 Å². The fraction of sp³-hybridized carbons (Fsp3) is 0.533. The number of amidine groups is 1. The lowest BCUT2D eigenvalue weighted by molar-refractivity contribution is -0.0260. The lowest BCUT2D eigenvalue weighted by Gasteiger charge is -2.27. The fourth-order valence-corrected chi connectivity index (χ4v) is 2.58. The van der Waals surface area contributed by atoms with Gasteiger partial charge in [-0.15, -0.1) is 0 Å². The molecule has 3 unspecified atom stereocenters. The van der Waals surface area contributed by atoms with Crippen LogP contribution in [0.1, 0.15) is 24.8 Å². The van der Waals surface area contributed by atoms with Crippen LogP contribution < -0.4 is 11.1 Å². The van der Waals surface area contributed by atoms with Crippen molar-refractivity contribution in [3.63, 3.8) is 0 Å². The Morgan fingerprint density at radius 2 is 2.24 bits per heavy atom. The summed E-state index contributed by atoms with van der Waals surface area (Å²) in [6.07, 6.45) is 0.421. The van der Waals surface area contributed by atoms with Gasteiger partial charge in [0.1, 0.15) is 11.4 Å². The van der Waals surface area contributed by atoms with Crippen LogP contribution in [0.2, 0.25) is 0 Å². The Hall–Kier alpha value is -1.63. The zero-order chi connectivity index (χ0) is 15.3. The van der Waals surface area contributed by atoms with Crippen molar-refractivity contribution >= 4 is 5.84 Å². The van der Waals surface area contributed by atoms with Crippen molar-refractivity contribution in [3.8, 4) is 0 Å². The number of nitrogens with zero attached hydrogens (tertiary/aromatic N) is 1. The Kier molecular flexibility index (Phi) is 5.17. The van der Waals surface area contributed by atoms with Crippen LogP contribution in [0.4, 0.5) is 0 Å². The van der Waals surface area contributed by atoms with Crippen LogP contribution in [-0.2, 0) is 4.74 Å². The fourth-order valence-electron chi connectivity index (χ4n) is 2.58. The van der Waals surface area contributed by atoms with Gasteiger partial charge in [0.25, 0.3) is 0 Å². The number of hydrogen-bond donors (Lipinski definition) is 4. The molecular formula is C15H23N3O3. The second-order valence-corrected chi connectivity index (χ2v) is 5.49. The zero-order valence-electron chi connectivity index (χ0n) is 12.2. The van der Waals surface area contributed by atoms with E-state index < -0.39 is 5.60 Å². The number of nitrogens with two attached hydrogens (primary N) is 1. The largest absolute Gasteiger partial charge is 0.409 e. The Balaban J connectivity index is 1.97. The summed E-state index contributed by atoms with van der Waals surface area (Å²) in [5, 5.41) is 25.7.